The van der Waals surface area contributed by atoms with Crippen molar-refractivity contribution in [1.82, 2.24) is 10.2 Å². The summed E-state index contributed by atoms with van der Waals surface area (Å²) in [5.41, 5.74) is 1.81. The van der Waals surface area contributed by atoms with Crippen LogP contribution in [0.5, 0.6) is 0 Å². The summed E-state index contributed by atoms with van der Waals surface area (Å²) in [6.45, 7) is 4.50. The van der Waals surface area contributed by atoms with Crippen LogP contribution in [0.3, 0.4) is 0 Å². The minimum absolute atomic E-state index is 0.126. The third-order valence-corrected chi connectivity index (χ3v) is 3.82. The molecule has 0 bridgehead atoms. The molecule has 126 valence electrons. The fourth-order valence-electron chi connectivity index (χ4n) is 2.62. The first-order chi connectivity index (χ1) is 11.6. The Hall–Kier alpha value is -2.62. The Bertz CT molecular complexity index is 656. The van der Waals surface area contributed by atoms with Crippen molar-refractivity contribution in [2.24, 2.45) is 0 Å². The van der Waals surface area contributed by atoms with Gasteiger partial charge in [-0.15, -0.1) is 0 Å². The van der Waals surface area contributed by atoms with E-state index in [1.807, 2.05) is 67.6 Å². The van der Waals surface area contributed by atoms with E-state index < -0.39 is 6.04 Å². The molecule has 1 N–H and O–H groups in total. The van der Waals surface area contributed by atoms with E-state index in [4.69, 9.17) is 0 Å². The highest BCUT2D eigenvalue weighted by Gasteiger charge is 2.29. The van der Waals surface area contributed by atoms with Crippen molar-refractivity contribution in [3.8, 4) is 0 Å². The van der Waals surface area contributed by atoms with Gasteiger partial charge in [0.25, 0.3) is 0 Å². The topological polar surface area (TPSA) is 49.4 Å². The summed E-state index contributed by atoms with van der Waals surface area (Å²) < 4.78 is 0. The Morgan fingerprint density at radius 1 is 1.00 bits per heavy atom. The van der Waals surface area contributed by atoms with Gasteiger partial charge in [0, 0.05) is 20.0 Å². The van der Waals surface area contributed by atoms with Crippen molar-refractivity contribution in [2.75, 3.05) is 6.54 Å². The van der Waals surface area contributed by atoms with Crippen molar-refractivity contribution in [3.05, 3.63) is 71.8 Å². The molecule has 0 spiro atoms. The van der Waals surface area contributed by atoms with Crippen LogP contribution in [-0.4, -0.2) is 23.3 Å². The number of nitrogens with zero attached hydrogens (tertiary/aromatic N) is 1. The molecule has 0 aliphatic rings. The largest absolute Gasteiger partial charge is 0.354 e. The molecule has 0 saturated heterocycles. The van der Waals surface area contributed by atoms with Crippen LogP contribution in [0.4, 0.5) is 0 Å². The lowest BCUT2D eigenvalue weighted by atomic mass is 10.0. The van der Waals surface area contributed by atoms with E-state index in [1.54, 1.807) is 4.90 Å². The van der Waals surface area contributed by atoms with Crippen LogP contribution in [0.15, 0.2) is 60.7 Å². The predicted molar refractivity (Wildman–Crippen MR) is 95.1 cm³/mol. The van der Waals surface area contributed by atoms with Crippen LogP contribution in [0, 0.1) is 0 Å². The first kappa shape index (κ1) is 17.7. The van der Waals surface area contributed by atoms with Crippen molar-refractivity contribution in [2.45, 2.75) is 32.9 Å². The summed E-state index contributed by atoms with van der Waals surface area (Å²) in [7, 11) is 0. The van der Waals surface area contributed by atoms with Gasteiger partial charge in [0.05, 0.1) is 0 Å². The van der Waals surface area contributed by atoms with Gasteiger partial charge < -0.3 is 10.2 Å². The summed E-state index contributed by atoms with van der Waals surface area (Å²) in [5, 5.41) is 2.92. The van der Waals surface area contributed by atoms with Crippen LogP contribution in [0.25, 0.3) is 0 Å². The molecule has 0 aliphatic carbocycles. The highest BCUT2D eigenvalue weighted by Crippen LogP contribution is 2.23. The molecule has 0 aromatic heterocycles. The Morgan fingerprint density at radius 3 is 2.12 bits per heavy atom. The quantitative estimate of drug-likeness (QED) is 0.849. The number of carbonyl (C=O) groups excluding carboxylic acids is 2. The van der Waals surface area contributed by atoms with E-state index >= 15 is 0 Å². The SMILES string of the molecule is CCCNC(=O)C(c1ccccc1)N(Cc1ccccc1)C(C)=O. The minimum atomic E-state index is -0.629. The number of benzene rings is 2. The summed E-state index contributed by atoms with van der Waals surface area (Å²) in [4.78, 5) is 26.6. The van der Waals surface area contributed by atoms with Gasteiger partial charge in [-0.1, -0.05) is 67.6 Å². The Kier molecular flexibility index (Phi) is 6.55. The maximum Gasteiger partial charge on any atom is 0.247 e. The lowest BCUT2D eigenvalue weighted by Gasteiger charge is -2.30. The minimum Gasteiger partial charge on any atom is -0.354 e. The second-order valence-electron chi connectivity index (χ2n) is 5.74. The van der Waals surface area contributed by atoms with Gasteiger partial charge in [-0.2, -0.15) is 0 Å². The van der Waals surface area contributed by atoms with Gasteiger partial charge in [-0.05, 0) is 17.5 Å². The molecule has 1 unspecified atom stereocenters. The normalized spacial score (nSPS) is 11.6. The van der Waals surface area contributed by atoms with Crippen LogP contribution >= 0.6 is 0 Å². The molecule has 0 fully saturated rings. The zero-order valence-electron chi connectivity index (χ0n) is 14.2. The molecule has 24 heavy (non-hydrogen) atoms. The predicted octanol–water partition coefficient (Wildman–Crippen LogP) is 3.30. The van der Waals surface area contributed by atoms with Gasteiger partial charge in [0.15, 0.2) is 0 Å². The van der Waals surface area contributed by atoms with Gasteiger partial charge in [-0.3, -0.25) is 9.59 Å². The molecule has 2 amide bonds. The van der Waals surface area contributed by atoms with Crippen molar-refractivity contribution in [1.29, 1.82) is 0 Å². The fraction of sp³-hybridized carbons (Fsp3) is 0.300. The van der Waals surface area contributed by atoms with Crippen molar-refractivity contribution < 1.29 is 9.59 Å². The van der Waals surface area contributed by atoms with Gasteiger partial charge in [0.1, 0.15) is 6.04 Å². The number of hydrogen-bond acceptors (Lipinski definition) is 2. The third-order valence-electron chi connectivity index (χ3n) is 3.82. The van der Waals surface area contributed by atoms with Gasteiger partial charge in [0.2, 0.25) is 11.8 Å². The Morgan fingerprint density at radius 2 is 1.58 bits per heavy atom. The summed E-state index contributed by atoms with van der Waals surface area (Å²) in [6.07, 6.45) is 0.853. The molecule has 2 aromatic carbocycles. The molecule has 4 nitrogen and oxygen atoms in total. The smallest absolute Gasteiger partial charge is 0.247 e. The second kappa shape index (κ2) is 8.87. The van der Waals surface area contributed by atoms with E-state index in [0.717, 1.165) is 17.5 Å². The number of carbonyl (C=O) groups is 2. The summed E-state index contributed by atoms with van der Waals surface area (Å²) in [6, 6.07) is 18.5. The fourth-order valence-corrected chi connectivity index (χ4v) is 2.62. The average Bonchev–Trinajstić information content (AvgIpc) is 2.61. The van der Waals surface area contributed by atoms with E-state index in [2.05, 4.69) is 5.32 Å². The van der Waals surface area contributed by atoms with Gasteiger partial charge in [-0.25, -0.2) is 0 Å². The van der Waals surface area contributed by atoms with Gasteiger partial charge >= 0.3 is 0 Å². The molecule has 0 saturated carbocycles. The molecule has 0 aliphatic heterocycles. The monoisotopic (exact) mass is 324 g/mol. The first-order valence-electron chi connectivity index (χ1n) is 8.27. The highest BCUT2D eigenvalue weighted by atomic mass is 16.2. The molecule has 2 aromatic rings. The highest BCUT2D eigenvalue weighted by molar-refractivity contribution is 5.88. The van der Waals surface area contributed by atoms with Crippen molar-refractivity contribution in [3.63, 3.8) is 0 Å². The number of hydrogen-bond donors (Lipinski definition) is 1. The Balaban J connectivity index is 2.34. The molecular formula is C20H24N2O2. The maximum absolute atomic E-state index is 12.7. The van der Waals surface area contributed by atoms with E-state index in [0.29, 0.717) is 13.1 Å². The lowest BCUT2D eigenvalue weighted by Crippen LogP contribution is -2.42. The number of nitrogens with one attached hydrogen (secondary N) is 1. The lowest BCUT2D eigenvalue weighted by molar-refractivity contribution is -0.140. The maximum atomic E-state index is 12.7. The average molecular weight is 324 g/mol. The third kappa shape index (κ3) is 4.69. The molecular weight excluding hydrogens is 300 g/mol. The summed E-state index contributed by atoms with van der Waals surface area (Å²) >= 11 is 0. The van der Waals surface area contributed by atoms with Crippen LogP contribution in [0.1, 0.15) is 37.4 Å². The molecule has 0 radical (unpaired) electrons. The summed E-state index contributed by atoms with van der Waals surface area (Å²) in [5.74, 6) is -0.270. The van der Waals surface area contributed by atoms with Crippen LogP contribution in [-0.2, 0) is 16.1 Å². The molecule has 2 rings (SSSR count). The molecule has 0 heterocycles. The Labute approximate surface area is 143 Å². The van der Waals surface area contributed by atoms with E-state index in [1.165, 1.54) is 6.92 Å². The van der Waals surface area contributed by atoms with E-state index in [9.17, 15) is 9.59 Å². The van der Waals surface area contributed by atoms with Crippen LogP contribution in [0.2, 0.25) is 0 Å². The number of amides is 2. The standard InChI is InChI=1S/C20H24N2O2/c1-3-14-21-20(24)19(18-12-8-5-9-13-18)22(16(2)23)15-17-10-6-4-7-11-17/h4-13,19H,3,14-15H2,1-2H3,(H,21,24). The zero-order valence-corrected chi connectivity index (χ0v) is 14.2. The molecule has 4 heteroatoms. The molecule has 1 atom stereocenters. The number of rotatable bonds is 7. The van der Waals surface area contributed by atoms with E-state index in [-0.39, 0.29) is 11.8 Å². The first-order valence-corrected chi connectivity index (χ1v) is 8.27. The zero-order chi connectivity index (χ0) is 17.4. The second-order valence-corrected chi connectivity index (χ2v) is 5.74. The van der Waals surface area contributed by atoms with Crippen molar-refractivity contribution >= 4 is 11.8 Å². The van der Waals surface area contributed by atoms with Crippen LogP contribution < -0.4 is 5.32 Å².